The minimum absolute atomic E-state index is 0.0975. The number of nitrogens with zero attached hydrogens (tertiary/aromatic N) is 3. The molecule has 0 fully saturated rings. The van der Waals surface area contributed by atoms with Crippen molar-refractivity contribution in [1.82, 2.24) is 9.13 Å². The first-order valence-electron chi connectivity index (χ1n) is 5.08. The van der Waals surface area contributed by atoms with E-state index in [1.807, 2.05) is 0 Å². The maximum Gasteiger partial charge on any atom is 0.332 e. The molecule has 1 rings (SSSR count). The molecule has 94 valence electrons. The number of hydrogen-bond acceptors (Lipinski definition) is 6. The lowest BCUT2D eigenvalue weighted by Crippen LogP contribution is -2.41. The van der Waals surface area contributed by atoms with E-state index in [2.05, 4.69) is 5.18 Å². The number of anilines is 1. The number of aliphatic hydroxyl groups excluding tert-OH is 1. The molecule has 8 heteroatoms. The Morgan fingerprint density at radius 2 is 2.00 bits per heavy atom. The summed E-state index contributed by atoms with van der Waals surface area (Å²) in [4.78, 5) is 34.0. The third-order valence-corrected chi connectivity index (χ3v) is 2.30. The third kappa shape index (κ3) is 2.26. The Bertz CT molecular complexity index is 543. The smallest absolute Gasteiger partial charge is 0.332 e. The summed E-state index contributed by atoms with van der Waals surface area (Å²) in [6.07, 6.45) is -0.836. The Morgan fingerprint density at radius 1 is 1.41 bits per heavy atom. The Labute approximate surface area is 96.3 Å². The molecule has 0 amide bonds. The van der Waals surface area contributed by atoms with Crippen molar-refractivity contribution < 1.29 is 5.11 Å². The van der Waals surface area contributed by atoms with Crippen LogP contribution in [0.1, 0.15) is 13.8 Å². The quantitative estimate of drug-likeness (QED) is 0.682. The fourth-order valence-corrected chi connectivity index (χ4v) is 1.51. The summed E-state index contributed by atoms with van der Waals surface area (Å²) in [6, 6.07) is 0. The second-order valence-corrected chi connectivity index (χ2v) is 3.62. The maximum atomic E-state index is 11.8. The standard InChI is InChI=1S/C9H14N4O4/c1-3-12-8(15)6(11-17)7(10)13(9(12)16)4-5(2)14/h5,14H,3-4,10H2,1-2H3. The van der Waals surface area contributed by atoms with Gasteiger partial charge in [-0.2, -0.15) is 0 Å². The van der Waals surface area contributed by atoms with E-state index in [0.717, 1.165) is 9.13 Å². The molecular weight excluding hydrogens is 228 g/mol. The van der Waals surface area contributed by atoms with Crippen molar-refractivity contribution in [2.45, 2.75) is 33.0 Å². The Balaban J connectivity index is 3.66. The van der Waals surface area contributed by atoms with Gasteiger partial charge >= 0.3 is 5.69 Å². The number of nitrogens with two attached hydrogens (primary N) is 1. The topological polar surface area (TPSA) is 120 Å². The van der Waals surface area contributed by atoms with E-state index in [-0.39, 0.29) is 18.9 Å². The third-order valence-electron chi connectivity index (χ3n) is 2.30. The van der Waals surface area contributed by atoms with Gasteiger partial charge < -0.3 is 10.8 Å². The van der Waals surface area contributed by atoms with Crippen LogP contribution in [0.25, 0.3) is 0 Å². The van der Waals surface area contributed by atoms with Gasteiger partial charge in [-0.15, -0.1) is 4.91 Å². The van der Waals surface area contributed by atoms with Crippen molar-refractivity contribution in [3.8, 4) is 0 Å². The summed E-state index contributed by atoms with van der Waals surface area (Å²) in [5, 5.41) is 11.8. The van der Waals surface area contributed by atoms with Crippen LogP contribution < -0.4 is 17.0 Å². The SMILES string of the molecule is CCn1c(=O)c(N=O)c(N)n(CC(C)O)c1=O. The molecule has 0 saturated heterocycles. The van der Waals surface area contributed by atoms with Gasteiger partial charge in [0.05, 0.1) is 12.6 Å². The maximum absolute atomic E-state index is 11.8. The number of aromatic nitrogens is 2. The van der Waals surface area contributed by atoms with Gasteiger partial charge in [-0.25, -0.2) is 4.79 Å². The van der Waals surface area contributed by atoms with E-state index in [1.165, 1.54) is 6.92 Å². The molecule has 1 heterocycles. The van der Waals surface area contributed by atoms with Crippen LogP contribution in [0.3, 0.4) is 0 Å². The molecule has 1 aromatic rings. The Hall–Kier alpha value is -1.96. The van der Waals surface area contributed by atoms with Crippen LogP contribution in [0, 0.1) is 4.91 Å². The van der Waals surface area contributed by atoms with Gasteiger partial charge in [0.2, 0.25) is 5.69 Å². The summed E-state index contributed by atoms with van der Waals surface area (Å²) in [5.74, 6) is -0.319. The zero-order chi connectivity index (χ0) is 13.2. The lowest BCUT2D eigenvalue weighted by Gasteiger charge is -2.14. The van der Waals surface area contributed by atoms with Crippen molar-refractivity contribution in [2.24, 2.45) is 5.18 Å². The average Bonchev–Trinajstić information content (AvgIpc) is 2.25. The largest absolute Gasteiger partial charge is 0.392 e. The normalized spacial score (nSPS) is 12.4. The highest BCUT2D eigenvalue weighted by Crippen LogP contribution is 2.14. The van der Waals surface area contributed by atoms with E-state index in [9.17, 15) is 19.6 Å². The number of nitroso groups, excluding NO2 is 1. The van der Waals surface area contributed by atoms with Crippen LogP contribution in [-0.4, -0.2) is 20.3 Å². The molecule has 17 heavy (non-hydrogen) atoms. The second-order valence-electron chi connectivity index (χ2n) is 3.62. The molecule has 0 spiro atoms. The molecular formula is C9H14N4O4. The van der Waals surface area contributed by atoms with E-state index in [1.54, 1.807) is 6.92 Å². The zero-order valence-electron chi connectivity index (χ0n) is 9.58. The lowest BCUT2D eigenvalue weighted by molar-refractivity contribution is 0.171. The number of rotatable bonds is 4. The van der Waals surface area contributed by atoms with E-state index in [0.29, 0.717) is 0 Å². The van der Waals surface area contributed by atoms with Gasteiger partial charge in [0.25, 0.3) is 5.56 Å². The fraction of sp³-hybridized carbons (Fsp3) is 0.556. The van der Waals surface area contributed by atoms with Gasteiger partial charge in [-0.3, -0.25) is 13.9 Å². The summed E-state index contributed by atoms with van der Waals surface area (Å²) in [5.41, 5.74) is 3.53. The van der Waals surface area contributed by atoms with Crippen LogP contribution >= 0.6 is 0 Å². The number of aliphatic hydroxyl groups is 1. The van der Waals surface area contributed by atoms with Gasteiger partial charge in [0.1, 0.15) is 5.82 Å². The number of nitrogen functional groups attached to an aromatic ring is 1. The highest BCUT2D eigenvalue weighted by atomic mass is 16.3. The molecule has 1 atom stereocenters. The summed E-state index contributed by atoms with van der Waals surface area (Å²) in [7, 11) is 0. The van der Waals surface area contributed by atoms with Crippen molar-refractivity contribution in [2.75, 3.05) is 5.73 Å². The molecule has 1 aromatic heterocycles. The second kappa shape index (κ2) is 4.91. The summed E-state index contributed by atoms with van der Waals surface area (Å²) in [6.45, 7) is 3.04. The molecule has 0 aliphatic carbocycles. The predicted molar refractivity (Wildman–Crippen MR) is 62.2 cm³/mol. The van der Waals surface area contributed by atoms with Crippen molar-refractivity contribution in [1.29, 1.82) is 0 Å². The molecule has 0 radical (unpaired) electrons. The van der Waals surface area contributed by atoms with Gasteiger partial charge in [0, 0.05) is 6.54 Å². The Morgan fingerprint density at radius 3 is 2.41 bits per heavy atom. The van der Waals surface area contributed by atoms with Gasteiger partial charge in [-0.05, 0) is 19.0 Å². The first-order valence-corrected chi connectivity index (χ1v) is 5.08. The first kappa shape index (κ1) is 13.1. The zero-order valence-corrected chi connectivity index (χ0v) is 9.58. The van der Waals surface area contributed by atoms with Crippen LogP contribution in [0.2, 0.25) is 0 Å². The van der Waals surface area contributed by atoms with E-state index in [4.69, 9.17) is 5.73 Å². The molecule has 0 aliphatic heterocycles. The monoisotopic (exact) mass is 242 g/mol. The van der Waals surface area contributed by atoms with Gasteiger partial charge in [0.15, 0.2) is 0 Å². The van der Waals surface area contributed by atoms with Crippen molar-refractivity contribution in [3.63, 3.8) is 0 Å². The number of hydrogen-bond donors (Lipinski definition) is 2. The highest BCUT2D eigenvalue weighted by molar-refractivity contribution is 5.55. The molecule has 0 saturated carbocycles. The van der Waals surface area contributed by atoms with Crippen LogP contribution in [0.5, 0.6) is 0 Å². The molecule has 8 nitrogen and oxygen atoms in total. The predicted octanol–water partition coefficient (Wildman–Crippen LogP) is -0.609. The van der Waals surface area contributed by atoms with E-state index >= 15 is 0 Å². The fourth-order valence-electron chi connectivity index (χ4n) is 1.51. The molecule has 0 bridgehead atoms. The first-order chi connectivity index (χ1) is 7.93. The van der Waals surface area contributed by atoms with Crippen LogP contribution in [-0.2, 0) is 13.1 Å². The highest BCUT2D eigenvalue weighted by Gasteiger charge is 2.17. The van der Waals surface area contributed by atoms with Gasteiger partial charge in [-0.1, -0.05) is 0 Å². The van der Waals surface area contributed by atoms with Crippen molar-refractivity contribution >= 4 is 11.5 Å². The average molecular weight is 242 g/mol. The Kier molecular flexibility index (Phi) is 3.79. The summed E-state index contributed by atoms with van der Waals surface area (Å²) < 4.78 is 1.81. The summed E-state index contributed by atoms with van der Waals surface area (Å²) >= 11 is 0. The van der Waals surface area contributed by atoms with Crippen LogP contribution in [0.15, 0.2) is 14.8 Å². The molecule has 0 aromatic carbocycles. The minimum atomic E-state index is -0.836. The molecule has 1 unspecified atom stereocenters. The van der Waals surface area contributed by atoms with Crippen LogP contribution in [0.4, 0.5) is 11.5 Å². The van der Waals surface area contributed by atoms with E-state index < -0.39 is 23.0 Å². The molecule has 3 N–H and O–H groups in total. The van der Waals surface area contributed by atoms with Crippen molar-refractivity contribution in [3.05, 3.63) is 25.7 Å². The lowest BCUT2D eigenvalue weighted by atomic mass is 10.3. The molecule has 0 aliphatic rings. The minimum Gasteiger partial charge on any atom is -0.392 e.